The minimum Gasteiger partial charge on any atom is -0.465 e. The van der Waals surface area contributed by atoms with Crippen LogP contribution >= 0.6 is 0 Å². The molecule has 1 aromatic rings. The average molecular weight is 193 g/mol. The van der Waals surface area contributed by atoms with Crippen molar-refractivity contribution in [3.8, 4) is 0 Å². The molecule has 0 radical (unpaired) electrons. The van der Waals surface area contributed by atoms with Crippen molar-refractivity contribution in [2.45, 2.75) is 6.54 Å². The monoisotopic (exact) mass is 193 g/mol. The average Bonchev–Trinajstić information content (AvgIpc) is 2.18. The number of carbonyl (C=O) groups excluding carboxylic acids is 1. The third kappa shape index (κ3) is 2.90. The van der Waals surface area contributed by atoms with E-state index in [9.17, 15) is 9.59 Å². The van der Waals surface area contributed by atoms with E-state index in [1.54, 1.807) is 0 Å². The first kappa shape index (κ1) is 10.2. The Balaban J connectivity index is 2.64. The maximum Gasteiger partial charge on any atom is 0.407 e. The van der Waals surface area contributed by atoms with Crippen LogP contribution in [0.25, 0.3) is 0 Å². The van der Waals surface area contributed by atoms with Crippen molar-refractivity contribution >= 4 is 12.4 Å². The van der Waals surface area contributed by atoms with Crippen molar-refractivity contribution < 1.29 is 14.7 Å². The van der Waals surface area contributed by atoms with Gasteiger partial charge in [0.2, 0.25) is 0 Å². The van der Waals surface area contributed by atoms with Crippen molar-refractivity contribution in [3.63, 3.8) is 0 Å². The number of carbonyl (C=O) groups is 2. The van der Waals surface area contributed by atoms with Crippen LogP contribution in [-0.2, 0) is 11.3 Å². The van der Waals surface area contributed by atoms with Gasteiger partial charge in [0.1, 0.15) is 6.29 Å². The molecule has 0 aliphatic carbocycles. The predicted molar refractivity (Wildman–Crippen MR) is 50.9 cm³/mol. The van der Waals surface area contributed by atoms with Crippen molar-refractivity contribution in [1.29, 1.82) is 0 Å². The van der Waals surface area contributed by atoms with E-state index in [-0.39, 0.29) is 13.1 Å². The molecule has 4 heteroatoms. The summed E-state index contributed by atoms with van der Waals surface area (Å²) in [4.78, 5) is 21.9. The van der Waals surface area contributed by atoms with Gasteiger partial charge in [0.25, 0.3) is 0 Å². The Labute approximate surface area is 81.8 Å². The molecule has 1 rings (SSSR count). The van der Waals surface area contributed by atoms with Crippen LogP contribution in [0.15, 0.2) is 30.3 Å². The number of hydrogen-bond acceptors (Lipinski definition) is 2. The highest BCUT2D eigenvalue weighted by molar-refractivity contribution is 5.69. The second-order valence-electron chi connectivity index (χ2n) is 2.82. The van der Waals surface area contributed by atoms with E-state index < -0.39 is 6.09 Å². The van der Waals surface area contributed by atoms with Gasteiger partial charge in [-0.15, -0.1) is 0 Å². The number of nitrogens with zero attached hydrogens (tertiary/aromatic N) is 1. The van der Waals surface area contributed by atoms with E-state index in [2.05, 4.69) is 0 Å². The number of benzene rings is 1. The Hall–Kier alpha value is -1.84. The van der Waals surface area contributed by atoms with Crippen LogP contribution in [0.4, 0.5) is 4.79 Å². The molecule has 0 saturated heterocycles. The number of aldehydes is 1. The van der Waals surface area contributed by atoms with Gasteiger partial charge in [0.15, 0.2) is 0 Å². The van der Waals surface area contributed by atoms with E-state index in [1.165, 1.54) is 0 Å². The molecule has 1 amide bonds. The SMILES string of the molecule is O=CCN(Cc1ccccc1)C(=O)O. The highest BCUT2D eigenvalue weighted by Gasteiger charge is 2.10. The lowest BCUT2D eigenvalue weighted by Crippen LogP contribution is -2.30. The molecular formula is C10H11NO3. The molecule has 0 unspecified atom stereocenters. The summed E-state index contributed by atoms with van der Waals surface area (Å²) >= 11 is 0. The number of rotatable bonds is 4. The zero-order chi connectivity index (χ0) is 10.4. The first-order valence-electron chi connectivity index (χ1n) is 4.19. The van der Waals surface area contributed by atoms with Crippen LogP contribution < -0.4 is 0 Å². The van der Waals surface area contributed by atoms with Crippen LogP contribution in [0.3, 0.4) is 0 Å². The summed E-state index contributed by atoms with van der Waals surface area (Å²) in [5.74, 6) is 0. The second kappa shape index (κ2) is 5.01. The summed E-state index contributed by atoms with van der Waals surface area (Å²) in [7, 11) is 0. The molecule has 0 atom stereocenters. The number of carboxylic acid groups (broad SMARTS) is 1. The standard InChI is InChI=1S/C10H11NO3/c12-7-6-11(10(13)14)8-9-4-2-1-3-5-9/h1-5,7H,6,8H2,(H,13,14). The van der Waals surface area contributed by atoms with Crippen molar-refractivity contribution in [3.05, 3.63) is 35.9 Å². The van der Waals surface area contributed by atoms with Gasteiger partial charge in [-0.2, -0.15) is 0 Å². The second-order valence-corrected chi connectivity index (χ2v) is 2.82. The molecule has 0 aliphatic heterocycles. The fourth-order valence-corrected chi connectivity index (χ4v) is 1.10. The third-order valence-corrected chi connectivity index (χ3v) is 1.78. The molecule has 0 bridgehead atoms. The molecule has 1 N–H and O–H groups in total. The van der Waals surface area contributed by atoms with Crippen molar-refractivity contribution in [1.82, 2.24) is 4.90 Å². The van der Waals surface area contributed by atoms with Gasteiger partial charge in [-0.05, 0) is 5.56 Å². The molecule has 14 heavy (non-hydrogen) atoms. The number of amides is 1. The summed E-state index contributed by atoms with van der Waals surface area (Å²) < 4.78 is 0. The molecule has 4 nitrogen and oxygen atoms in total. The van der Waals surface area contributed by atoms with E-state index in [0.29, 0.717) is 6.29 Å². The maximum atomic E-state index is 10.7. The topological polar surface area (TPSA) is 57.6 Å². The Morgan fingerprint density at radius 1 is 1.36 bits per heavy atom. The molecule has 0 aliphatic rings. The highest BCUT2D eigenvalue weighted by atomic mass is 16.4. The Morgan fingerprint density at radius 3 is 2.50 bits per heavy atom. The van der Waals surface area contributed by atoms with Crippen LogP contribution in [-0.4, -0.2) is 28.9 Å². The van der Waals surface area contributed by atoms with Gasteiger partial charge < -0.3 is 9.90 Å². The van der Waals surface area contributed by atoms with Gasteiger partial charge in [-0.3, -0.25) is 4.90 Å². The first-order valence-corrected chi connectivity index (χ1v) is 4.19. The van der Waals surface area contributed by atoms with Gasteiger partial charge >= 0.3 is 6.09 Å². The van der Waals surface area contributed by atoms with Gasteiger partial charge in [-0.25, -0.2) is 4.79 Å². The fourth-order valence-electron chi connectivity index (χ4n) is 1.10. The predicted octanol–water partition coefficient (Wildman–Crippen LogP) is 1.37. The van der Waals surface area contributed by atoms with E-state index in [4.69, 9.17) is 5.11 Å². The summed E-state index contributed by atoms with van der Waals surface area (Å²) in [6.07, 6.45) is -0.502. The summed E-state index contributed by atoms with van der Waals surface area (Å²) in [5, 5.41) is 8.73. The summed E-state index contributed by atoms with van der Waals surface area (Å²) in [6.45, 7) is 0.152. The Kier molecular flexibility index (Phi) is 3.67. The van der Waals surface area contributed by atoms with Gasteiger partial charge in [0.05, 0.1) is 6.54 Å². The normalized spacial score (nSPS) is 9.43. The Morgan fingerprint density at radius 2 is 2.00 bits per heavy atom. The molecule has 0 saturated carbocycles. The van der Waals surface area contributed by atoms with E-state index in [1.807, 2.05) is 30.3 Å². The first-order chi connectivity index (χ1) is 6.74. The molecule has 0 fully saturated rings. The largest absolute Gasteiger partial charge is 0.465 e. The molecule has 74 valence electrons. The molecular weight excluding hydrogens is 182 g/mol. The lowest BCUT2D eigenvalue weighted by molar-refractivity contribution is -0.108. The quantitative estimate of drug-likeness (QED) is 0.734. The fraction of sp³-hybridized carbons (Fsp3) is 0.200. The lowest BCUT2D eigenvalue weighted by Gasteiger charge is -2.15. The summed E-state index contributed by atoms with van der Waals surface area (Å²) in [5.41, 5.74) is 0.872. The van der Waals surface area contributed by atoms with E-state index in [0.717, 1.165) is 10.5 Å². The minimum absolute atomic E-state index is 0.0930. The van der Waals surface area contributed by atoms with Gasteiger partial charge in [0, 0.05) is 6.54 Å². The zero-order valence-corrected chi connectivity index (χ0v) is 7.59. The van der Waals surface area contributed by atoms with Gasteiger partial charge in [-0.1, -0.05) is 30.3 Å². The molecule has 0 heterocycles. The smallest absolute Gasteiger partial charge is 0.407 e. The highest BCUT2D eigenvalue weighted by Crippen LogP contribution is 2.03. The van der Waals surface area contributed by atoms with Crippen molar-refractivity contribution in [2.75, 3.05) is 6.54 Å². The van der Waals surface area contributed by atoms with Crippen LogP contribution in [0.5, 0.6) is 0 Å². The van der Waals surface area contributed by atoms with Crippen LogP contribution in [0.2, 0.25) is 0 Å². The lowest BCUT2D eigenvalue weighted by atomic mass is 10.2. The minimum atomic E-state index is -1.08. The third-order valence-electron chi connectivity index (χ3n) is 1.78. The van der Waals surface area contributed by atoms with Crippen LogP contribution in [0.1, 0.15) is 5.56 Å². The van der Waals surface area contributed by atoms with E-state index >= 15 is 0 Å². The Bertz CT molecular complexity index is 310. The number of hydrogen-bond donors (Lipinski definition) is 1. The molecule has 0 spiro atoms. The van der Waals surface area contributed by atoms with Crippen molar-refractivity contribution in [2.24, 2.45) is 0 Å². The molecule has 1 aromatic carbocycles. The van der Waals surface area contributed by atoms with Crippen LogP contribution in [0, 0.1) is 0 Å². The summed E-state index contributed by atoms with van der Waals surface area (Å²) in [6, 6.07) is 9.16. The molecule has 0 aromatic heterocycles. The maximum absolute atomic E-state index is 10.7. The zero-order valence-electron chi connectivity index (χ0n) is 7.59.